The van der Waals surface area contributed by atoms with Crippen molar-refractivity contribution in [2.75, 3.05) is 45.3 Å². The van der Waals surface area contributed by atoms with Crippen LogP contribution in [-0.4, -0.2) is 54.9 Å². The van der Waals surface area contributed by atoms with Crippen LogP contribution in [0.2, 0.25) is 0 Å². The number of fused-ring (bicyclic) bond motifs is 1. The normalized spacial score (nSPS) is 15.0. The number of aromatic nitrogens is 3. The van der Waals surface area contributed by atoms with Crippen molar-refractivity contribution < 1.29 is 4.74 Å². The van der Waals surface area contributed by atoms with Crippen LogP contribution in [-0.2, 0) is 11.8 Å². The highest BCUT2D eigenvalue weighted by molar-refractivity contribution is 5.87. The molecule has 0 saturated carbocycles. The molecule has 0 unspecified atom stereocenters. The molecule has 1 saturated heterocycles. The van der Waals surface area contributed by atoms with Crippen molar-refractivity contribution in [2.24, 2.45) is 7.05 Å². The number of halogens is 2. The van der Waals surface area contributed by atoms with Gasteiger partial charge >= 0.3 is 0 Å². The molecule has 0 aliphatic carbocycles. The van der Waals surface area contributed by atoms with Crippen molar-refractivity contribution >= 4 is 41.7 Å². The van der Waals surface area contributed by atoms with Crippen molar-refractivity contribution in [2.45, 2.75) is 18.8 Å². The Labute approximate surface area is 155 Å². The fourth-order valence-corrected chi connectivity index (χ4v) is 3.06. The van der Waals surface area contributed by atoms with Crippen LogP contribution in [0.3, 0.4) is 0 Å². The number of methoxy groups -OCH3 is 1. The van der Waals surface area contributed by atoms with Gasteiger partial charge in [0.25, 0.3) is 0 Å². The number of hydrogen-bond donors (Lipinski definition) is 1. The van der Waals surface area contributed by atoms with Gasteiger partial charge < -0.3 is 19.5 Å². The van der Waals surface area contributed by atoms with Gasteiger partial charge in [0, 0.05) is 39.4 Å². The molecule has 1 aliphatic heterocycles. The van der Waals surface area contributed by atoms with Gasteiger partial charge in [0.1, 0.15) is 5.52 Å². The predicted octanol–water partition coefficient (Wildman–Crippen LogP) is 2.36. The molecule has 1 fully saturated rings. The first-order valence-corrected chi connectivity index (χ1v) is 7.93. The number of likely N-dealkylation sites (N-methyl/N-ethyl adjacent to an activating group) is 1. The first-order chi connectivity index (χ1) is 10.7. The molecule has 1 N–H and O–H groups in total. The molecule has 0 spiro atoms. The fraction of sp³-hybridized carbons (Fsp3) is 0.625. The summed E-state index contributed by atoms with van der Waals surface area (Å²) in [5.41, 5.74) is 3.32. The van der Waals surface area contributed by atoms with Crippen LogP contribution >= 0.6 is 24.8 Å². The van der Waals surface area contributed by atoms with Crippen LogP contribution in [0.5, 0.6) is 0 Å². The van der Waals surface area contributed by atoms with E-state index in [2.05, 4.69) is 32.9 Å². The molecule has 0 amide bonds. The molecule has 0 atom stereocenters. The third-order valence-electron chi connectivity index (χ3n) is 4.46. The summed E-state index contributed by atoms with van der Waals surface area (Å²) in [7, 11) is 5.82. The lowest BCUT2D eigenvalue weighted by molar-refractivity contribution is 0.206. The molecule has 136 valence electrons. The molecule has 24 heavy (non-hydrogen) atoms. The topological polar surface area (TPSA) is 55.2 Å². The van der Waals surface area contributed by atoms with E-state index in [0.29, 0.717) is 12.5 Å². The van der Waals surface area contributed by atoms with Crippen LogP contribution in [0.4, 0.5) is 5.82 Å². The van der Waals surface area contributed by atoms with Gasteiger partial charge in [0.05, 0.1) is 18.5 Å². The molecule has 0 radical (unpaired) electrons. The SMILES string of the molecule is COCCN(C)c1nc(C2CCNCC2)cc2c1ncn2C.Cl.Cl. The molecule has 0 aromatic carbocycles. The van der Waals surface area contributed by atoms with E-state index in [1.54, 1.807) is 7.11 Å². The number of aryl methyl sites for hydroxylation is 1. The number of pyridine rings is 1. The fourth-order valence-electron chi connectivity index (χ4n) is 3.06. The largest absolute Gasteiger partial charge is 0.383 e. The highest BCUT2D eigenvalue weighted by atomic mass is 35.5. The van der Waals surface area contributed by atoms with Gasteiger partial charge in [0.2, 0.25) is 0 Å². The van der Waals surface area contributed by atoms with E-state index in [9.17, 15) is 0 Å². The summed E-state index contributed by atoms with van der Waals surface area (Å²) < 4.78 is 7.27. The number of piperidine rings is 1. The Morgan fingerprint density at radius 3 is 2.71 bits per heavy atom. The van der Waals surface area contributed by atoms with Crippen molar-refractivity contribution in [1.82, 2.24) is 19.9 Å². The summed E-state index contributed by atoms with van der Waals surface area (Å²) in [6.45, 7) is 3.64. The molecule has 3 heterocycles. The maximum absolute atomic E-state index is 5.19. The Kier molecular flexibility index (Phi) is 8.22. The molecule has 6 nitrogen and oxygen atoms in total. The Hall–Kier alpha value is -1.08. The minimum Gasteiger partial charge on any atom is -0.383 e. The molecule has 2 aromatic rings. The Bertz CT molecular complexity index is 643. The van der Waals surface area contributed by atoms with Crippen LogP contribution in [0.25, 0.3) is 11.0 Å². The van der Waals surface area contributed by atoms with Crippen LogP contribution in [0.1, 0.15) is 24.5 Å². The van der Waals surface area contributed by atoms with E-state index in [-0.39, 0.29) is 24.8 Å². The first-order valence-electron chi connectivity index (χ1n) is 7.93. The lowest BCUT2D eigenvalue weighted by atomic mass is 9.94. The Balaban J connectivity index is 0.00000144. The summed E-state index contributed by atoms with van der Waals surface area (Å²) in [5, 5.41) is 3.42. The average molecular weight is 376 g/mol. The quantitative estimate of drug-likeness (QED) is 0.868. The van der Waals surface area contributed by atoms with Gasteiger partial charge in [-0.1, -0.05) is 0 Å². The lowest BCUT2D eigenvalue weighted by Crippen LogP contribution is -2.28. The third kappa shape index (κ3) is 4.30. The predicted molar refractivity (Wildman–Crippen MR) is 103 cm³/mol. The molecule has 1 aliphatic rings. The zero-order chi connectivity index (χ0) is 15.5. The van der Waals surface area contributed by atoms with Crippen molar-refractivity contribution in [3.8, 4) is 0 Å². The molecule has 0 bridgehead atoms. The number of rotatable bonds is 5. The van der Waals surface area contributed by atoms with E-state index >= 15 is 0 Å². The van der Waals surface area contributed by atoms with E-state index in [1.165, 1.54) is 5.69 Å². The minimum absolute atomic E-state index is 0. The first kappa shape index (κ1) is 21.0. The van der Waals surface area contributed by atoms with Gasteiger partial charge in [-0.05, 0) is 32.0 Å². The van der Waals surface area contributed by atoms with Crippen LogP contribution < -0.4 is 10.2 Å². The van der Waals surface area contributed by atoms with Gasteiger partial charge in [-0.25, -0.2) is 9.97 Å². The van der Waals surface area contributed by atoms with Gasteiger partial charge in [-0.3, -0.25) is 0 Å². The molecular weight excluding hydrogens is 349 g/mol. The zero-order valence-electron chi connectivity index (χ0n) is 14.5. The second kappa shape index (κ2) is 9.42. The summed E-state index contributed by atoms with van der Waals surface area (Å²) >= 11 is 0. The summed E-state index contributed by atoms with van der Waals surface area (Å²) in [4.78, 5) is 11.6. The van der Waals surface area contributed by atoms with Crippen molar-refractivity contribution in [3.05, 3.63) is 18.1 Å². The molecule has 3 rings (SSSR count). The Morgan fingerprint density at radius 1 is 1.33 bits per heavy atom. The number of nitrogens with one attached hydrogen (secondary N) is 1. The standard InChI is InChI=1S/C16H25N5O.2ClH/c1-20(8-9-22-3)16-15-14(21(2)11-18-15)10-13(19-16)12-4-6-17-7-5-12;;/h10-12,17H,4-9H2,1-3H3;2*1H. The lowest BCUT2D eigenvalue weighted by Gasteiger charge is -2.24. The number of imidazole rings is 1. The third-order valence-corrected chi connectivity index (χ3v) is 4.46. The van der Waals surface area contributed by atoms with Crippen LogP contribution in [0, 0.1) is 0 Å². The average Bonchev–Trinajstić information content (AvgIpc) is 2.94. The number of anilines is 1. The zero-order valence-corrected chi connectivity index (χ0v) is 16.1. The highest BCUT2D eigenvalue weighted by Gasteiger charge is 2.21. The maximum atomic E-state index is 5.19. The highest BCUT2D eigenvalue weighted by Crippen LogP contribution is 2.30. The minimum atomic E-state index is 0. The van der Waals surface area contributed by atoms with E-state index < -0.39 is 0 Å². The number of ether oxygens (including phenoxy) is 1. The van der Waals surface area contributed by atoms with E-state index in [4.69, 9.17) is 9.72 Å². The summed E-state index contributed by atoms with van der Waals surface area (Å²) in [6, 6.07) is 2.21. The Morgan fingerprint density at radius 2 is 2.04 bits per heavy atom. The number of nitrogens with zero attached hydrogens (tertiary/aromatic N) is 4. The summed E-state index contributed by atoms with van der Waals surface area (Å²) in [6.07, 6.45) is 4.17. The van der Waals surface area contributed by atoms with Gasteiger partial charge in [-0.2, -0.15) is 0 Å². The molecule has 2 aromatic heterocycles. The number of hydrogen-bond acceptors (Lipinski definition) is 5. The van der Waals surface area contributed by atoms with E-state index in [0.717, 1.165) is 49.3 Å². The maximum Gasteiger partial charge on any atom is 0.156 e. The smallest absolute Gasteiger partial charge is 0.156 e. The van der Waals surface area contributed by atoms with E-state index in [1.807, 2.05) is 13.4 Å². The summed E-state index contributed by atoms with van der Waals surface area (Å²) in [5.74, 6) is 1.50. The molecule has 8 heteroatoms. The second-order valence-electron chi connectivity index (χ2n) is 6.03. The van der Waals surface area contributed by atoms with Crippen molar-refractivity contribution in [1.29, 1.82) is 0 Å². The van der Waals surface area contributed by atoms with Crippen LogP contribution in [0.15, 0.2) is 12.4 Å². The molecular formula is C16H27Cl2N5O. The van der Waals surface area contributed by atoms with Gasteiger partial charge in [-0.15, -0.1) is 24.8 Å². The van der Waals surface area contributed by atoms with Crippen molar-refractivity contribution in [3.63, 3.8) is 0 Å². The van der Waals surface area contributed by atoms with Gasteiger partial charge in [0.15, 0.2) is 5.82 Å². The second-order valence-corrected chi connectivity index (χ2v) is 6.03. The monoisotopic (exact) mass is 375 g/mol.